The van der Waals surface area contributed by atoms with Crippen molar-refractivity contribution >= 4 is 11.8 Å². The second-order valence-electron chi connectivity index (χ2n) is 3.46. The Hall–Kier alpha value is -2.29. The summed E-state index contributed by atoms with van der Waals surface area (Å²) in [5.74, 6) is -4.72. The molecule has 0 fully saturated rings. The van der Waals surface area contributed by atoms with Crippen molar-refractivity contribution in [2.24, 2.45) is 5.92 Å². The van der Waals surface area contributed by atoms with Gasteiger partial charge in [-0.25, -0.2) is 8.78 Å². The number of nitrogens with zero attached hydrogens (tertiary/aromatic N) is 1. The number of carbonyl (C=O) groups is 2. The van der Waals surface area contributed by atoms with Gasteiger partial charge in [0.1, 0.15) is 11.6 Å². The fourth-order valence-electron chi connectivity index (χ4n) is 1.33. The number of halogens is 2. The molecule has 6 heteroatoms. The van der Waals surface area contributed by atoms with Crippen molar-refractivity contribution in [3.63, 3.8) is 0 Å². The van der Waals surface area contributed by atoms with Gasteiger partial charge in [0.05, 0.1) is 18.7 Å². The van der Waals surface area contributed by atoms with Crippen LogP contribution in [0.1, 0.15) is 16.8 Å². The Bertz CT molecular complexity index is 523. The molecular weight excluding hydrogens is 244 g/mol. The number of rotatable bonds is 4. The van der Waals surface area contributed by atoms with Crippen LogP contribution in [0.3, 0.4) is 0 Å². The van der Waals surface area contributed by atoms with Crippen LogP contribution in [0.2, 0.25) is 0 Å². The molecule has 0 N–H and O–H groups in total. The number of esters is 1. The first-order valence-electron chi connectivity index (χ1n) is 4.95. The van der Waals surface area contributed by atoms with Crippen LogP contribution in [0.15, 0.2) is 18.2 Å². The van der Waals surface area contributed by atoms with Gasteiger partial charge in [-0.1, -0.05) is 0 Å². The van der Waals surface area contributed by atoms with Crippen molar-refractivity contribution in [3.05, 3.63) is 35.4 Å². The van der Waals surface area contributed by atoms with Crippen molar-refractivity contribution in [1.82, 2.24) is 0 Å². The van der Waals surface area contributed by atoms with E-state index >= 15 is 0 Å². The predicted octanol–water partition coefficient (Wildman–Crippen LogP) is 1.85. The van der Waals surface area contributed by atoms with Crippen LogP contribution in [-0.2, 0) is 9.53 Å². The monoisotopic (exact) mass is 253 g/mol. The highest BCUT2D eigenvalue weighted by molar-refractivity contribution is 5.98. The molecule has 0 aliphatic rings. The Morgan fingerprint density at radius 1 is 1.44 bits per heavy atom. The number of methoxy groups -OCH3 is 1. The highest BCUT2D eigenvalue weighted by atomic mass is 19.1. The number of ether oxygens (including phenoxy) is 1. The first-order valence-corrected chi connectivity index (χ1v) is 4.95. The number of hydrogen-bond acceptors (Lipinski definition) is 4. The Labute approximate surface area is 102 Å². The normalized spacial score (nSPS) is 11.4. The molecule has 1 unspecified atom stereocenters. The average Bonchev–Trinajstić information content (AvgIpc) is 2.37. The lowest BCUT2D eigenvalue weighted by atomic mass is 9.99. The second-order valence-corrected chi connectivity index (χ2v) is 3.46. The molecule has 0 bridgehead atoms. The van der Waals surface area contributed by atoms with Gasteiger partial charge in [-0.2, -0.15) is 5.26 Å². The summed E-state index contributed by atoms with van der Waals surface area (Å²) >= 11 is 0. The number of benzene rings is 1. The Morgan fingerprint density at radius 2 is 2.11 bits per heavy atom. The summed E-state index contributed by atoms with van der Waals surface area (Å²) in [5.41, 5.74) is -0.487. The summed E-state index contributed by atoms with van der Waals surface area (Å²) in [4.78, 5) is 22.7. The van der Waals surface area contributed by atoms with Crippen molar-refractivity contribution in [2.75, 3.05) is 7.11 Å². The maximum Gasteiger partial charge on any atom is 0.323 e. The molecule has 0 aliphatic heterocycles. The first kappa shape index (κ1) is 13.8. The van der Waals surface area contributed by atoms with Crippen molar-refractivity contribution in [1.29, 1.82) is 5.26 Å². The largest absolute Gasteiger partial charge is 0.468 e. The molecule has 1 rings (SSSR count). The zero-order valence-corrected chi connectivity index (χ0v) is 9.44. The van der Waals surface area contributed by atoms with E-state index < -0.39 is 41.3 Å². The molecule has 4 nitrogen and oxygen atoms in total. The van der Waals surface area contributed by atoms with Crippen LogP contribution in [0.4, 0.5) is 8.78 Å². The minimum absolute atomic E-state index is 0.487. The summed E-state index contributed by atoms with van der Waals surface area (Å²) < 4.78 is 30.5. The topological polar surface area (TPSA) is 67.2 Å². The maximum atomic E-state index is 13.3. The third-order valence-corrected chi connectivity index (χ3v) is 2.26. The van der Waals surface area contributed by atoms with Gasteiger partial charge in [-0.15, -0.1) is 0 Å². The van der Waals surface area contributed by atoms with E-state index in [9.17, 15) is 18.4 Å². The van der Waals surface area contributed by atoms with E-state index in [1.165, 1.54) is 0 Å². The molecule has 0 radical (unpaired) electrons. The lowest BCUT2D eigenvalue weighted by Gasteiger charge is -2.06. The SMILES string of the molecule is COC(=O)C(C#N)CC(=O)c1cc(F)ccc1F. The first-order chi connectivity index (χ1) is 8.49. The number of Topliss-reactive ketones (excluding diaryl/α,β-unsaturated/α-hetero) is 1. The fourth-order valence-corrected chi connectivity index (χ4v) is 1.33. The molecule has 0 saturated heterocycles. The zero-order valence-electron chi connectivity index (χ0n) is 9.44. The second kappa shape index (κ2) is 5.87. The van der Waals surface area contributed by atoms with Crippen molar-refractivity contribution in [2.45, 2.75) is 6.42 Å². The summed E-state index contributed by atoms with van der Waals surface area (Å²) in [6.45, 7) is 0. The van der Waals surface area contributed by atoms with Gasteiger partial charge in [0, 0.05) is 6.42 Å². The number of hydrogen-bond donors (Lipinski definition) is 0. The molecular formula is C12H9F2NO3. The Balaban J connectivity index is 2.92. The molecule has 0 amide bonds. The minimum atomic E-state index is -1.33. The Morgan fingerprint density at radius 3 is 2.67 bits per heavy atom. The van der Waals surface area contributed by atoms with E-state index in [0.29, 0.717) is 0 Å². The van der Waals surface area contributed by atoms with E-state index in [0.717, 1.165) is 25.3 Å². The fraction of sp³-hybridized carbons (Fsp3) is 0.250. The standard InChI is InChI=1S/C12H9F2NO3/c1-18-12(17)7(6-15)4-11(16)9-5-8(13)2-3-10(9)14/h2-3,5,7H,4H2,1H3. The molecule has 1 aromatic rings. The quantitative estimate of drug-likeness (QED) is 0.606. The predicted molar refractivity (Wildman–Crippen MR) is 56.4 cm³/mol. The minimum Gasteiger partial charge on any atom is -0.468 e. The molecule has 0 saturated carbocycles. The van der Waals surface area contributed by atoms with Gasteiger partial charge in [-0.3, -0.25) is 9.59 Å². The smallest absolute Gasteiger partial charge is 0.323 e. The van der Waals surface area contributed by atoms with Gasteiger partial charge < -0.3 is 4.74 Å². The summed E-state index contributed by atoms with van der Waals surface area (Å²) in [5, 5.41) is 8.68. The molecule has 18 heavy (non-hydrogen) atoms. The van der Waals surface area contributed by atoms with Crippen LogP contribution in [0.25, 0.3) is 0 Å². The van der Waals surface area contributed by atoms with Gasteiger partial charge in [0.25, 0.3) is 0 Å². The number of nitriles is 1. The van der Waals surface area contributed by atoms with Crippen molar-refractivity contribution in [3.8, 4) is 6.07 Å². The zero-order chi connectivity index (χ0) is 13.7. The molecule has 94 valence electrons. The highest BCUT2D eigenvalue weighted by Gasteiger charge is 2.24. The highest BCUT2D eigenvalue weighted by Crippen LogP contribution is 2.15. The summed E-state index contributed by atoms with van der Waals surface area (Å²) in [6, 6.07) is 3.98. The van der Waals surface area contributed by atoms with E-state index in [-0.39, 0.29) is 0 Å². The molecule has 0 aromatic heterocycles. The van der Waals surface area contributed by atoms with Crippen LogP contribution < -0.4 is 0 Å². The molecule has 0 aliphatic carbocycles. The van der Waals surface area contributed by atoms with Crippen LogP contribution in [-0.4, -0.2) is 18.9 Å². The lowest BCUT2D eigenvalue weighted by Crippen LogP contribution is -2.19. The maximum absolute atomic E-state index is 13.3. The third-order valence-electron chi connectivity index (χ3n) is 2.26. The summed E-state index contributed by atoms with van der Waals surface area (Å²) in [6.07, 6.45) is -0.552. The van der Waals surface area contributed by atoms with Crippen molar-refractivity contribution < 1.29 is 23.1 Å². The van der Waals surface area contributed by atoms with E-state index in [4.69, 9.17) is 5.26 Å². The van der Waals surface area contributed by atoms with Gasteiger partial charge >= 0.3 is 5.97 Å². The van der Waals surface area contributed by atoms with E-state index in [1.807, 2.05) is 0 Å². The van der Waals surface area contributed by atoms with E-state index in [2.05, 4.69) is 4.74 Å². The van der Waals surface area contributed by atoms with E-state index in [1.54, 1.807) is 6.07 Å². The van der Waals surface area contributed by atoms with Crippen LogP contribution in [0.5, 0.6) is 0 Å². The lowest BCUT2D eigenvalue weighted by molar-refractivity contribution is -0.143. The average molecular weight is 253 g/mol. The van der Waals surface area contributed by atoms with Crippen LogP contribution >= 0.6 is 0 Å². The number of carbonyl (C=O) groups excluding carboxylic acids is 2. The molecule has 0 spiro atoms. The summed E-state index contributed by atoms with van der Waals surface area (Å²) in [7, 11) is 1.07. The molecule has 1 aromatic carbocycles. The van der Waals surface area contributed by atoms with Gasteiger partial charge in [0.15, 0.2) is 11.7 Å². The molecule has 1 atom stereocenters. The van der Waals surface area contributed by atoms with Gasteiger partial charge in [-0.05, 0) is 18.2 Å². The van der Waals surface area contributed by atoms with Gasteiger partial charge in [0.2, 0.25) is 0 Å². The van der Waals surface area contributed by atoms with Crippen LogP contribution in [0, 0.1) is 28.9 Å². The number of ketones is 1. The third kappa shape index (κ3) is 3.10. The Kier molecular flexibility index (Phi) is 4.49. The molecule has 0 heterocycles.